The van der Waals surface area contributed by atoms with Gasteiger partial charge in [-0.05, 0) is 44.4 Å². The molecule has 5 nitrogen and oxygen atoms in total. The summed E-state index contributed by atoms with van der Waals surface area (Å²) in [5.41, 5.74) is 1.00. The minimum Gasteiger partial charge on any atom is -0.381 e. The molecule has 0 unspecified atom stereocenters. The summed E-state index contributed by atoms with van der Waals surface area (Å²) in [6.45, 7) is 1.45. The van der Waals surface area contributed by atoms with Gasteiger partial charge in [0.2, 0.25) is 0 Å². The second kappa shape index (κ2) is 6.91. The average Bonchev–Trinajstić information content (AvgIpc) is 2.85. The molecule has 0 bridgehead atoms. The Labute approximate surface area is 129 Å². The van der Waals surface area contributed by atoms with E-state index in [2.05, 4.69) is 10.6 Å². The molecule has 0 spiro atoms. The number of anilines is 1. The van der Waals surface area contributed by atoms with Gasteiger partial charge in [0, 0.05) is 24.4 Å². The van der Waals surface area contributed by atoms with Crippen molar-refractivity contribution in [1.29, 1.82) is 0 Å². The Balaban J connectivity index is 1.91. The fraction of sp³-hybridized carbons (Fsp3) is 0.467. The first-order valence-corrected chi connectivity index (χ1v) is 7.28. The maximum atomic E-state index is 11.9. The first kappa shape index (κ1) is 15.8. The molecular weight excluding hydrogens is 292 g/mol. The fourth-order valence-electron chi connectivity index (χ4n) is 2.52. The Morgan fingerprint density at radius 2 is 2.10 bits per heavy atom. The predicted octanol–water partition coefficient (Wildman–Crippen LogP) is 3.23. The van der Waals surface area contributed by atoms with Gasteiger partial charge in [0.25, 0.3) is 0 Å². The second-order valence-corrected chi connectivity index (χ2v) is 5.62. The number of Topliss-reactive ketones (excluding diaryl/α,β-unsaturated/α-hetero) is 1. The maximum Gasteiger partial charge on any atom is 0.319 e. The summed E-state index contributed by atoms with van der Waals surface area (Å²) in [6.07, 6.45) is 2.92. The molecule has 1 fully saturated rings. The summed E-state index contributed by atoms with van der Waals surface area (Å²) in [5.74, 6) is -0.104. The average molecular weight is 311 g/mol. The number of nitrogens with one attached hydrogen (secondary N) is 2. The Hall–Kier alpha value is -1.59. The number of amides is 2. The van der Waals surface area contributed by atoms with Gasteiger partial charge in [-0.1, -0.05) is 11.6 Å². The van der Waals surface area contributed by atoms with Crippen LogP contribution in [-0.4, -0.2) is 31.1 Å². The molecule has 1 saturated carbocycles. The van der Waals surface area contributed by atoms with Crippen LogP contribution in [0.5, 0.6) is 0 Å². The van der Waals surface area contributed by atoms with Gasteiger partial charge in [-0.3, -0.25) is 4.79 Å². The number of halogens is 1. The van der Waals surface area contributed by atoms with Gasteiger partial charge in [-0.2, -0.15) is 0 Å². The summed E-state index contributed by atoms with van der Waals surface area (Å²) in [5, 5.41) is 5.96. The number of ketones is 1. The zero-order valence-corrected chi connectivity index (χ0v) is 12.9. The molecule has 2 rings (SSSR count). The van der Waals surface area contributed by atoms with E-state index < -0.39 is 0 Å². The minimum atomic E-state index is -0.275. The number of carbonyl (C=O) groups is 2. The van der Waals surface area contributed by atoms with Gasteiger partial charge in [-0.15, -0.1) is 0 Å². The molecule has 0 aromatic heterocycles. The molecule has 114 valence electrons. The Morgan fingerprint density at radius 1 is 1.33 bits per heavy atom. The van der Waals surface area contributed by atoms with Crippen LogP contribution < -0.4 is 10.6 Å². The lowest BCUT2D eigenvalue weighted by Gasteiger charge is -2.14. The molecule has 1 aliphatic rings. The van der Waals surface area contributed by atoms with Crippen LogP contribution in [0.3, 0.4) is 0 Å². The predicted molar refractivity (Wildman–Crippen MR) is 82.0 cm³/mol. The van der Waals surface area contributed by atoms with Gasteiger partial charge in [0.1, 0.15) is 0 Å². The Kier molecular flexibility index (Phi) is 5.20. The zero-order valence-electron chi connectivity index (χ0n) is 12.1. The lowest BCUT2D eigenvalue weighted by molar-refractivity contribution is 0.101. The molecule has 21 heavy (non-hydrogen) atoms. The van der Waals surface area contributed by atoms with Crippen molar-refractivity contribution in [3.63, 3.8) is 0 Å². The molecule has 0 aliphatic heterocycles. The van der Waals surface area contributed by atoms with E-state index in [0.717, 1.165) is 19.3 Å². The van der Waals surface area contributed by atoms with E-state index in [-0.39, 0.29) is 24.0 Å². The van der Waals surface area contributed by atoms with E-state index in [1.165, 1.54) is 6.92 Å². The molecule has 2 atom stereocenters. The van der Waals surface area contributed by atoms with Gasteiger partial charge < -0.3 is 15.4 Å². The minimum absolute atomic E-state index is 0.104. The van der Waals surface area contributed by atoms with Gasteiger partial charge >= 0.3 is 6.03 Å². The first-order valence-electron chi connectivity index (χ1n) is 6.90. The summed E-state index contributed by atoms with van der Waals surface area (Å²) in [6, 6.07) is 4.70. The van der Waals surface area contributed by atoms with E-state index in [1.807, 2.05) is 0 Å². The van der Waals surface area contributed by atoms with E-state index in [1.54, 1.807) is 25.3 Å². The number of benzene rings is 1. The van der Waals surface area contributed by atoms with Crippen LogP contribution in [0.25, 0.3) is 0 Å². The summed E-state index contributed by atoms with van der Waals surface area (Å²) in [7, 11) is 1.69. The number of ether oxygens (including phenoxy) is 1. The van der Waals surface area contributed by atoms with Crippen LogP contribution in [0.15, 0.2) is 18.2 Å². The third-order valence-corrected chi connectivity index (χ3v) is 3.97. The highest BCUT2D eigenvalue weighted by atomic mass is 35.5. The van der Waals surface area contributed by atoms with Crippen molar-refractivity contribution in [2.24, 2.45) is 0 Å². The van der Waals surface area contributed by atoms with Crippen molar-refractivity contribution in [2.75, 3.05) is 12.4 Å². The highest BCUT2D eigenvalue weighted by molar-refractivity contribution is 6.34. The molecule has 0 saturated heterocycles. The molecule has 6 heteroatoms. The fourth-order valence-corrected chi connectivity index (χ4v) is 2.83. The lowest BCUT2D eigenvalue weighted by atomic mass is 10.1. The normalized spacial score (nSPS) is 21.1. The van der Waals surface area contributed by atoms with Gasteiger partial charge in [-0.25, -0.2) is 4.79 Å². The molecule has 2 amide bonds. The number of methoxy groups -OCH3 is 1. The molecule has 1 aromatic rings. The number of hydrogen-bond donors (Lipinski definition) is 2. The van der Waals surface area contributed by atoms with E-state index in [4.69, 9.17) is 16.3 Å². The maximum absolute atomic E-state index is 11.9. The van der Waals surface area contributed by atoms with Crippen LogP contribution in [0.4, 0.5) is 10.5 Å². The molecular formula is C15H19ClN2O3. The summed E-state index contributed by atoms with van der Waals surface area (Å²) in [4.78, 5) is 23.2. The molecule has 2 N–H and O–H groups in total. The number of carbonyl (C=O) groups excluding carboxylic acids is 2. The van der Waals surface area contributed by atoms with Crippen molar-refractivity contribution in [2.45, 2.75) is 38.3 Å². The monoisotopic (exact) mass is 310 g/mol. The Bertz CT molecular complexity index is 548. The molecule has 1 aromatic carbocycles. The highest BCUT2D eigenvalue weighted by Crippen LogP contribution is 2.23. The zero-order chi connectivity index (χ0) is 15.4. The third-order valence-electron chi connectivity index (χ3n) is 3.66. The Morgan fingerprint density at radius 3 is 2.67 bits per heavy atom. The van der Waals surface area contributed by atoms with Gasteiger partial charge in [0.05, 0.1) is 11.1 Å². The van der Waals surface area contributed by atoms with Crippen molar-refractivity contribution < 1.29 is 14.3 Å². The largest absolute Gasteiger partial charge is 0.381 e. The summed E-state index contributed by atoms with van der Waals surface area (Å²) >= 11 is 6.01. The van der Waals surface area contributed by atoms with Crippen molar-refractivity contribution in [3.8, 4) is 0 Å². The first-order chi connectivity index (χ1) is 9.99. The molecule has 1 aliphatic carbocycles. The lowest BCUT2D eigenvalue weighted by Crippen LogP contribution is -2.36. The topological polar surface area (TPSA) is 67.4 Å². The van der Waals surface area contributed by atoms with Crippen LogP contribution in [-0.2, 0) is 4.74 Å². The van der Waals surface area contributed by atoms with Crippen LogP contribution in [0, 0.1) is 0 Å². The van der Waals surface area contributed by atoms with Crippen LogP contribution in [0.2, 0.25) is 5.02 Å². The standard InChI is InChI=1S/C15H19ClN2O3/c1-9(19)13-6-4-11(8-14(13)16)18-15(20)17-10-3-5-12(7-10)21-2/h4,6,8,10,12H,3,5,7H2,1-2H3,(H2,17,18,20)/t10-,12+/m0/s1. The van der Waals surface area contributed by atoms with Crippen LogP contribution in [0.1, 0.15) is 36.5 Å². The van der Waals surface area contributed by atoms with E-state index in [0.29, 0.717) is 16.3 Å². The second-order valence-electron chi connectivity index (χ2n) is 5.22. The smallest absolute Gasteiger partial charge is 0.319 e. The van der Waals surface area contributed by atoms with Crippen molar-refractivity contribution in [3.05, 3.63) is 28.8 Å². The number of rotatable bonds is 4. The van der Waals surface area contributed by atoms with Crippen molar-refractivity contribution in [1.82, 2.24) is 5.32 Å². The quantitative estimate of drug-likeness (QED) is 0.839. The molecule has 0 radical (unpaired) electrons. The van der Waals surface area contributed by atoms with E-state index >= 15 is 0 Å². The van der Waals surface area contributed by atoms with Crippen LogP contribution >= 0.6 is 11.6 Å². The summed E-state index contributed by atoms with van der Waals surface area (Å²) < 4.78 is 5.27. The SMILES string of the molecule is CO[C@@H]1CC[C@H](NC(=O)Nc2ccc(C(C)=O)c(Cl)c2)C1. The van der Waals surface area contributed by atoms with Crippen molar-refractivity contribution >= 4 is 29.1 Å². The third kappa shape index (κ3) is 4.19. The molecule has 0 heterocycles. The number of hydrogen-bond acceptors (Lipinski definition) is 3. The van der Waals surface area contributed by atoms with Gasteiger partial charge in [0.15, 0.2) is 5.78 Å². The highest BCUT2D eigenvalue weighted by Gasteiger charge is 2.25. The van der Waals surface area contributed by atoms with E-state index in [9.17, 15) is 9.59 Å². The number of urea groups is 1.